The predicted octanol–water partition coefficient (Wildman–Crippen LogP) is 1.02. The summed E-state index contributed by atoms with van der Waals surface area (Å²) >= 11 is 0. The molecule has 122 valence electrons. The average molecular weight is 315 g/mol. The van der Waals surface area contributed by atoms with Crippen LogP contribution in [0.1, 0.15) is 24.5 Å². The molecule has 0 bridgehead atoms. The summed E-state index contributed by atoms with van der Waals surface area (Å²) in [6, 6.07) is 7.76. The fourth-order valence-corrected chi connectivity index (χ4v) is 2.32. The zero-order valence-corrected chi connectivity index (χ0v) is 13.4. The molecule has 0 radical (unpaired) electrons. The number of hydrogen-bond donors (Lipinski definition) is 3. The topological polar surface area (TPSA) is 91.1 Å². The fourth-order valence-electron chi connectivity index (χ4n) is 2.32. The summed E-state index contributed by atoms with van der Waals surface area (Å²) in [5, 5.41) is 6.28. The number of fused-ring (bicyclic) bond motifs is 1. The first-order valence-electron chi connectivity index (χ1n) is 7.59. The number of rotatable bonds is 6. The molecule has 1 heterocycles. The minimum atomic E-state index is -0.157. The van der Waals surface area contributed by atoms with Crippen LogP contribution in [0.25, 0.3) is 10.9 Å². The lowest BCUT2D eigenvalue weighted by atomic mass is 10.1. The van der Waals surface area contributed by atoms with Crippen LogP contribution in [0.4, 0.5) is 0 Å². The first kappa shape index (κ1) is 16.7. The van der Waals surface area contributed by atoms with E-state index in [9.17, 15) is 14.4 Å². The molecule has 0 saturated carbocycles. The maximum atomic E-state index is 12.1. The highest BCUT2D eigenvalue weighted by molar-refractivity contribution is 5.80. The quantitative estimate of drug-likeness (QED) is 0.743. The van der Waals surface area contributed by atoms with Gasteiger partial charge < -0.3 is 15.6 Å². The highest BCUT2D eigenvalue weighted by atomic mass is 16.2. The van der Waals surface area contributed by atoms with E-state index in [0.717, 1.165) is 16.5 Å². The maximum Gasteiger partial charge on any atom is 0.251 e. The molecule has 6 nitrogen and oxygen atoms in total. The Morgan fingerprint density at radius 3 is 2.65 bits per heavy atom. The van der Waals surface area contributed by atoms with Gasteiger partial charge in [0.25, 0.3) is 5.56 Å². The lowest BCUT2D eigenvalue weighted by Gasteiger charge is -2.07. The van der Waals surface area contributed by atoms with Crippen molar-refractivity contribution in [1.29, 1.82) is 0 Å². The lowest BCUT2D eigenvalue weighted by Crippen LogP contribution is -2.31. The Hall–Kier alpha value is -2.63. The summed E-state index contributed by atoms with van der Waals surface area (Å²) in [4.78, 5) is 37.2. The Labute approximate surface area is 134 Å². The van der Waals surface area contributed by atoms with Crippen molar-refractivity contribution in [2.45, 2.75) is 26.7 Å². The molecule has 0 unspecified atom stereocenters. The highest BCUT2D eigenvalue weighted by Crippen LogP contribution is 2.13. The van der Waals surface area contributed by atoms with Gasteiger partial charge in [0.15, 0.2) is 0 Å². The van der Waals surface area contributed by atoms with E-state index in [-0.39, 0.29) is 23.8 Å². The number of hydrogen-bond acceptors (Lipinski definition) is 3. The van der Waals surface area contributed by atoms with Gasteiger partial charge in [-0.25, -0.2) is 0 Å². The third kappa shape index (κ3) is 4.95. The van der Waals surface area contributed by atoms with Gasteiger partial charge in [-0.3, -0.25) is 14.4 Å². The van der Waals surface area contributed by atoms with Gasteiger partial charge in [0.1, 0.15) is 0 Å². The second-order valence-corrected chi connectivity index (χ2v) is 5.55. The van der Waals surface area contributed by atoms with Gasteiger partial charge in [-0.1, -0.05) is 12.1 Å². The van der Waals surface area contributed by atoms with Gasteiger partial charge in [0.2, 0.25) is 11.8 Å². The molecule has 2 aromatic rings. The molecule has 0 aliphatic carbocycles. The van der Waals surface area contributed by atoms with Gasteiger partial charge >= 0.3 is 0 Å². The van der Waals surface area contributed by atoms with Gasteiger partial charge in [-0.2, -0.15) is 0 Å². The van der Waals surface area contributed by atoms with Crippen LogP contribution in [0.5, 0.6) is 0 Å². The first-order chi connectivity index (χ1) is 11.0. The second-order valence-electron chi connectivity index (χ2n) is 5.55. The van der Waals surface area contributed by atoms with Crippen LogP contribution < -0.4 is 16.2 Å². The molecule has 0 aliphatic rings. The average Bonchev–Trinajstić information content (AvgIpc) is 2.47. The van der Waals surface area contributed by atoms with Gasteiger partial charge in [0.05, 0.1) is 0 Å². The Morgan fingerprint density at radius 2 is 1.91 bits per heavy atom. The molecule has 1 aromatic heterocycles. The predicted molar refractivity (Wildman–Crippen MR) is 89.3 cm³/mol. The molecule has 0 spiro atoms. The number of H-pyrrole nitrogens is 1. The number of nitrogens with one attached hydrogen (secondary N) is 3. The highest BCUT2D eigenvalue weighted by Gasteiger charge is 2.05. The summed E-state index contributed by atoms with van der Waals surface area (Å²) in [7, 11) is 0. The zero-order chi connectivity index (χ0) is 16.8. The van der Waals surface area contributed by atoms with Crippen LogP contribution in [0, 0.1) is 6.92 Å². The fraction of sp³-hybridized carbons (Fsp3) is 0.353. The minimum Gasteiger partial charge on any atom is -0.356 e. The van der Waals surface area contributed by atoms with E-state index in [4.69, 9.17) is 0 Å². The number of aryl methyl sites for hydroxylation is 1. The Morgan fingerprint density at radius 1 is 1.13 bits per heavy atom. The molecule has 23 heavy (non-hydrogen) atoms. The van der Waals surface area contributed by atoms with Crippen LogP contribution in [-0.4, -0.2) is 29.9 Å². The molecular weight excluding hydrogens is 294 g/mol. The summed E-state index contributed by atoms with van der Waals surface area (Å²) in [5.41, 5.74) is 2.42. The normalized spacial score (nSPS) is 10.5. The molecule has 2 amide bonds. The molecule has 0 atom stereocenters. The van der Waals surface area contributed by atoms with Gasteiger partial charge in [-0.15, -0.1) is 0 Å². The smallest absolute Gasteiger partial charge is 0.251 e. The van der Waals surface area contributed by atoms with Crippen molar-refractivity contribution in [3.05, 3.63) is 45.7 Å². The van der Waals surface area contributed by atoms with Gasteiger partial charge in [0, 0.05) is 37.5 Å². The van der Waals surface area contributed by atoms with Gasteiger partial charge in [-0.05, 0) is 36.4 Å². The number of amides is 2. The molecule has 0 aliphatic heterocycles. The number of carbonyl (C=O) groups is 2. The van der Waals surface area contributed by atoms with E-state index < -0.39 is 0 Å². The number of pyridine rings is 1. The van der Waals surface area contributed by atoms with Crippen molar-refractivity contribution < 1.29 is 9.59 Å². The van der Waals surface area contributed by atoms with Crippen molar-refractivity contribution in [3.63, 3.8) is 0 Å². The Bertz CT molecular complexity index is 780. The van der Waals surface area contributed by atoms with E-state index >= 15 is 0 Å². The molecule has 0 saturated heterocycles. The third-order valence-corrected chi connectivity index (χ3v) is 3.52. The molecule has 3 N–H and O–H groups in total. The molecular formula is C17H21N3O3. The van der Waals surface area contributed by atoms with Crippen molar-refractivity contribution in [1.82, 2.24) is 15.6 Å². The van der Waals surface area contributed by atoms with Crippen LogP contribution in [-0.2, 0) is 16.0 Å². The molecule has 6 heteroatoms. The number of aromatic nitrogens is 1. The van der Waals surface area contributed by atoms with E-state index in [1.807, 2.05) is 31.2 Å². The van der Waals surface area contributed by atoms with Crippen LogP contribution in [0.15, 0.2) is 29.1 Å². The van der Waals surface area contributed by atoms with Crippen molar-refractivity contribution >= 4 is 22.7 Å². The largest absolute Gasteiger partial charge is 0.356 e. The summed E-state index contributed by atoms with van der Waals surface area (Å²) < 4.78 is 0. The minimum absolute atomic E-state index is 0.129. The third-order valence-electron chi connectivity index (χ3n) is 3.52. The van der Waals surface area contributed by atoms with Crippen molar-refractivity contribution in [2.75, 3.05) is 13.1 Å². The summed E-state index contributed by atoms with van der Waals surface area (Å²) in [6.45, 7) is 4.09. The van der Waals surface area contributed by atoms with Crippen LogP contribution in [0.3, 0.4) is 0 Å². The zero-order valence-electron chi connectivity index (χ0n) is 13.4. The van der Waals surface area contributed by atoms with E-state index in [0.29, 0.717) is 25.1 Å². The molecule has 2 rings (SSSR count). The summed E-state index contributed by atoms with van der Waals surface area (Å²) in [5.74, 6) is -0.303. The van der Waals surface area contributed by atoms with Crippen LogP contribution in [0.2, 0.25) is 0 Å². The van der Waals surface area contributed by atoms with Crippen LogP contribution >= 0.6 is 0 Å². The lowest BCUT2D eigenvalue weighted by molar-refractivity contribution is -0.121. The van der Waals surface area contributed by atoms with Crippen molar-refractivity contribution in [3.8, 4) is 0 Å². The summed E-state index contributed by atoms with van der Waals surface area (Å²) in [6.07, 6.45) is 0.692. The van der Waals surface area contributed by atoms with E-state index in [1.54, 1.807) is 0 Å². The maximum absolute atomic E-state index is 12.1. The van der Waals surface area contributed by atoms with E-state index in [1.165, 1.54) is 6.92 Å². The molecule has 1 aromatic carbocycles. The molecule has 0 fully saturated rings. The first-order valence-corrected chi connectivity index (χ1v) is 7.59. The monoisotopic (exact) mass is 315 g/mol. The second kappa shape index (κ2) is 7.58. The number of aromatic amines is 1. The number of benzene rings is 1. The Balaban J connectivity index is 1.91. The number of carbonyl (C=O) groups excluding carboxylic acids is 2. The Kier molecular flexibility index (Phi) is 5.51. The van der Waals surface area contributed by atoms with Crippen molar-refractivity contribution in [2.24, 2.45) is 0 Å². The SMILES string of the molecule is CC(=O)NCCC(=O)NCCc1cc2ccc(C)cc2[nH]c1=O. The standard InChI is InChI=1S/C17H21N3O3/c1-11-3-4-13-10-14(17(23)20-15(13)9-11)5-7-19-16(22)6-8-18-12(2)21/h3-4,9-10H,5-8H2,1-2H3,(H,18,21)(H,19,22)(H,20,23). The van der Waals surface area contributed by atoms with E-state index in [2.05, 4.69) is 15.6 Å².